The van der Waals surface area contributed by atoms with E-state index < -0.39 is 5.41 Å². The highest BCUT2D eigenvalue weighted by molar-refractivity contribution is 7.99. The molecule has 1 aromatic heterocycles. The summed E-state index contributed by atoms with van der Waals surface area (Å²) < 4.78 is 6.01. The van der Waals surface area contributed by atoms with Crippen molar-refractivity contribution in [1.82, 2.24) is 14.9 Å². The summed E-state index contributed by atoms with van der Waals surface area (Å²) in [6, 6.07) is 0. The Hall–Kier alpha value is -1.24. The second-order valence-electron chi connectivity index (χ2n) is 3.68. The summed E-state index contributed by atoms with van der Waals surface area (Å²) >= 11 is 1.37. The van der Waals surface area contributed by atoms with Crippen molar-refractivity contribution < 1.29 is 9.53 Å². The lowest BCUT2D eigenvalue weighted by molar-refractivity contribution is -0.149. The minimum atomic E-state index is -0.564. The molecule has 84 valence electrons. The number of nitrogens with two attached hydrogens (primary N) is 1. The van der Waals surface area contributed by atoms with Gasteiger partial charge in [0.2, 0.25) is 5.16 Å². The van der Waals surface area contributed by atoms with Gasteiger partial charge in [-0.3, -0.25) is 4.79 Å². The molecule has 1 rings (SSSR count). The largest absolute Gasteiger partial charge is 0.469 e. The molecule has 0 amide bonds. The first kappa shape index (κ1) is 11.8. The highest BCUT2D eigenvalue weighted by Gasteiger charge is 2.29. The molecule has 0 spiro atoms. The molecule has 0 aliphatic rings. The Morgan fingerprint density at radius 2 is 2.40 bits per heavy atom. The third-order valence-corrected chi connectivity index (χ3v) is 3.26. The molecule has 0 bridgehead atoms. The van der Waals surface area contributed by atoms with Gasteiger partial charge in [0.15, 0.2) is 0 Å². The van der Waals surface area contributed by atoms with Crippen LogP contribution in [0.2, 0.25) is 0 Å². The summed E-state index contributed by atoms with van der Waals surface area (Å²) in [5.74, 6) is 5.82. The van der Waals surface area contributed by atoms with Crippen molar-refractivity contribution in [2.24, 2.45) is 5.41 Å². The minimum Gasteiger partial charge on any atom is -0.469 e. The molecular formula is C8H14N4O2S. The fraction of sp³-hybridized carbons (Fsp3) is 0.625. The average Bonchev–Trinajstić information content (AvgIpc) is 2.60. The fourth-order valence-corrected chi connectivity index (χ4v) is 1.82. The Balaban J connectivity index is 2.57. The van der Waals surface area contributed by atoms with E-state index in [2.05, 4.69) is 14.9 Å². The highest BCUT2D eigenvalue weighted by atomic mass is 32.2. The number of aromatic nitrogens is 3. The van der Waals surface area contributed by atoms with Crippen molar-refractivity contribution in [3.8, 4) is 0 Å². The zero-order valence-corrected chi connectivity index (χ0v) is 9.74. The molecule has 0 unspecified atom stereocenters. The van der Waals surface area contributed by atoms with Crippen LogP contribution in [0.3, 0.4) is 0 Å². The highest BCUT2D eigenvalue weighted by Crippen LogP contribution is 2.26. The number of carbonyl (C=O) groups is 1. The van der Waals surface area contributed by atoms with Gasteiger partial charge >= 0.3 is 5.97 Å². The van der Waals surface area contributed by atoms with Gasteiger partial charge in [-0.2, -0.15) is 0 Å². The van der Waals surface area contributed by atoms with Crippen LogP contribution in [0.5, 0.6) is 0 Å². The van der Waals surface area contributed by atoms with Crippen molar-refractivity contribution >= 4 is 17.7 Å². The molecule has 0 aliphatic heterocycles. The van der Waals surface area contributed by atoms with Gasteiger partial charge < -0.3 is 10.6 Å². The molecular weight excluding hydrogens is 216 g/mol. The van der Waals surface area contributed by atoms with Gasteiger partial charge in [-0.1, -0.05) is 11.8 Å². The van der Waals surface area contributed by atoms with Crippen molar-refractivity contribution in [2.45, 2.75) is 19.0 Å². The van der Waals surface area contributed by atoms with Crippen LogP contribution in [0.4, 0.5) is 0 Å². The number of nitrogen functional groups attached to an aromatic ring is 1. The van der Waals surface area contributed by atoms with Gasteiger partial charge in [0.1, 0.15) is 6.33 Å². The number of nitrogens with zero attached hydrogens (tertiary/aromatic N) is 3. The molecule has 7 heteroatoms. The zero-order valence-electron chi connectivity index (χ0n) is 8.93. The van der Waals surface area contributed by atoms with Crippen LogP contribution in [0, 0.1) is 5.41 Å². The first-order chi connectivity index (χ1) is 6.97. The number of hydrogen-bond donors (Lipinski definition) is 1. The van der Waals surface area contributed by atoms with E-state index in [9.17, 15) is 4.79 Å². The van der Waals surface area contributed by atoms with Crippen molar-refractivity contribution in [1.29, 1.82) is 0 Å². The van der Waals surface area contributed by atoms with Crippen LogP contribution in [0.15, 0.2) is 11.5 Å². The lowest BCUT2D eigenvalue weighted by Crippen LogP contribution is -2.28. The molecule has 1 heterocycles. The van der Waals surface area contributed by atoms with Gasteiger partial charge in [0, 0.05) is 5.75 Å². The molecule has 0 aliphatic carbocycles. The van der Waals surface area contributed by atoms with Gasteiger partial charge in [0.05, 0.1) is 12.5 Å². The van der Waals surface area contributed by atoms with E-state index in [1.165, 1.54) is 29.9 Å². The number of methoxy groups -OCH3 is 1. The average molecular weight is 230 g/mol. The van der Waals surface area contributed by atoms with Crippen LogP contribution in [-0.4, -0.2) is 33.7 Å². The summed E-state index contributed by atoms with van der Waals surface area (Å²) in [7, 11) is 1.38. The first-order valence-electron chi connectivity index (χ1n) is 4.33. The zero-order chi connectivity index (χ0) is 11.5. The fourth-order valence-electron chi connectivity index (χ4n) is 0.915. The van der Waals surface area contributed by atoms with E-state index in [0.29, 0.717) is 10.9 Å². The molecule has 0 saturated heterocycles. The van der Waals surface area contributed by atoms with E-state index in [4.69, 9.17) is 5.84 Å². The minimum absolute atomic E-state index is 0.252. The molecule has 1 aromatic rings. The standard InChI is InChI=1S/C8H14N4O2S/c1-8(2,6(13)14-3)4-15-7-11-10-5-12(7)9/h5H,4,9H2,1-3H3. The quantitative estimate of drug-likeness (QED) is 0.454. The SMILES string of the molecule is COC(=O)C(C)(C)CSc1nncn1N. The number of rotatable bonds is 4. The van der Waals surface area contributed by atoms with Gasteiger partial charge in [-0.15, -0.1) is 10.2 Å². The normalized spacial score (nSPS) is 11.4. The number of carbonyl (C=O) groups excluding carboxylic acids is 1. The van der Waals surface area contributed by atoms with Crippen LogP contribution in [0.25, 0.3) is 0 Å². The maximum absolute atomic E-state index is 11.4. The molecule has 2 N–H and O–H groups in total. The van der Waals surface area contributed by atoms with Crippen molar-refractivity contribution in [3.05, 3.63) is 6.33 Å². The molecule has 0 saturated carbocycles. The molecule has 15 heavy (non-hydrogen) atoms. The Morgan fingerprint density at radius 3 is 2.87 bits per heavy atom. The second-order valence-corrected chi connectivity index (χ2v) is 4.63. The van der Waals surface area contributed by atoms with E-state index in [0.717, 1.165) is 0 Å². The molecule has 0 radical (unpaired) electrons. The predicted molar refractivity (Wildman–Crippen MR) is 56.7 cm³/mol. The maximum Gasteiger partial charge on any atom is 0.312 e. The number of thioether (sulfide) groups is 1. The number of hydrogen-bond acceptors (Lipinski definition) is 6. The number of ether oxygens (including phenoxy) is 1. The monoisotopic (exact) mass is 230 g/mol. The molecule has 0 fully saturated rings. The van der Waals surface area contributed by atoms with E-state index in [1.807, 2.05) is 13.8 Å². The number of esters is 1. The topological polar surface area (TPSA) is 83.0 Å². The molecule has 0 atom stereocenters. The summed E-state index contributed by atoms with van der Waals surface area (Å²) in [5.41, 5.74) is -0.564. The lowest BCUT2D eigenvalue weighted by Gasteiger charge is -2.19. The van der Waals surface area contributed by atoms with Crippen molar-refractivity contribution in [2.75, 3.05) is 18.7 Å². The molecule has 6 nitrogen and oxygen atoms in total. The van der Waals surface area contributed by atoms with E-state index >= 15 is 0 Å². The lowest BCUT2D eigenvalue weighted by atomic mass is 9.97. The van der Waals surface area contributed by atoms with E-state index in [1.54, 1.807) is 0 Å². The Morgan fingerprint density at radius 1 is 1.73 bits per heavy atom. The van der Waals surface area contributed by atoms with E-state index in [-0.39, 0.29) is 5.97 Å². The van der Waals surface area contributed by atoms with Gasteiger partial charge in [-0.05, 0) is 13.8 Å². The maximum atomic E-state index is 11.4. The Kier molecular flexibility index (Phi) is 3.57. The predicted octanol–water partition coefficient (Wildman–Crippen LogP) is 0.283. The summed E-state index contributed by atoms with van der Waals surface area (Å²) in [6.07, 6.45) is 1.41. The third-order valence-electron chi connectivity index (χ3n) is 1.84. The third kappa shape index (κ3) is 2.85. The van der Waals surface area contributed by atoms with Crippen LogP contribution in [-0.2, 0) is 9.53 Å². The van der Waals surface area contributed by atoms with Gasteiger partial charge in [-0.25, -0.2) is 4.68 Å². The Bertz CT molecular complexity index is 350. The smallest absolute Gasteiger partial charge is 0.312 e. The van der Waals surface area contributed by atoms with Crippen molar-refractivity contribution in [3.63, 3.8) is 0 Å². The Labute approximate surface area is 92.2 Å². The second kappa shape index (κ2) is 4.52. The van der Waals surface area contributed by atoms with Crippen LogP contribution in [0.1, 0.15) is 13.8 Å². The van der Waals surface area contributed by atoms with Crippen LogP contribution >= 0.6 is 11.8 Å². The summed E-state index contributed by atoms with van der Waals surface area (Å²) in [4.78, 5) is 11.4. The first-order valence-corrected chi connectivity index (χ1v) is 5.32. The summed E-state index contributed by atoms with van der Waals surface area (Å²) in [5, 5.41) is 8.02. The van der Waals surface area contributed by atoms with Crippen LogP contribution < -0.4 is 5.84 Å². The molecule has 0 aromatic carbocycles. The summed E-state index contributed by atoms with van der Waals surface area (Å²) in [6.45, 7) is 3.62. The van der Waals surface area contributed by atoms with Gasteiger partial charge in [0.25, 0.3) is 0 Å².